The van der Waals surface area contributed by atoms with E-state index in [0.29, 0.717) is 5.69 Å². The number of nitrogens with zero attached hydrogens (tertiary/aromatic N) is 1. The number of anilines is 3. The molecule has 2 aromatic carbocycles. The molecule has 25 heavy (non-hydrogen) atoms. The largest absolute Gasteiger partial charge is 0.399 e. The molecule has 0 fully saturated rings. The first-order valence-corrected chi connectivity index (χ1v) is 8.71. The SMILES string of the molecule is C=C1c2ccc(F)cc2N(C(C)CCC)c2[nH]c3cc(N)ccc3c21. The monoisotopic (exact) mass is 335 g/mol. The Bertz CT molecular complexity index is 986. The molecule has 2 heterocycles. The van der Waals surface area contributed by atoms with Crippen LogP contribution in [0.4, 0.5) is 21.6 Å². The zero-order valence-electron chi connectivity index (χ0n) is 14.6. The van der Waals surface area contributed by atoms with Gasteiger partial charge in [-0.15, -0.1) is 0 Å². The number of fused-ring (bicyclic) bond motifs is 4. The van der Waals surface area contributed by atoms with Crippen LogP contribution in [0.5, 0.6) is 0 Å². The summed E-state index contributed by atoms with van der Waals surface area (Å²) in [5.74, 6) is 0.744. The van der Waals surface area contributed by atoms with Crippen LogP contribution in [0.1, 0.15) is 37.8 Å². The first kappa shape index (κ1) is 15.8. The molecule has 0 saturated carbocycles. The minimum atomic E-state index is -0.232. The molecule has 3 nitrogen and oxygen atoms in total. The number of nitrogens with two attached hydrogens (primary N) is 1. The zero-order valence-corrected chi connectivity index (χ0v) is 14.6. The summed E-state index contributed by atoms with van der Waals surface area (Å²) < 4.78 is 14.0. The number of nitrogen functional groups attached to an aromatic ring is 1. The maximum atomic E-state index is 14.0. The Kier molecular flexibility index (Phi) is 3.57. The highest BCUT2D eigenvalue weighted by Gasteiger charge is 2.31. The molecule has 128 valence electrons. The molecule has 1 aliphatic rings. The smallest absolute Gasteiger partial charge is 0.125 e. The Morgan fingerprint density at radius 2 is 2.04 bits per heavy atom. The van der Waals surface area contributed by atoms with Crippen LogP contribution >= 0.6 is 0 Å². The lowest BCUT2D eigenvalue weighted by Crippen LogP contribution is -2.32. The van der Waals surface area contributed by atoms with Gasteiger partial charge < -0.3 is 15.6 Å². The van der Waals surface area contributed by atoms with Gasteiger partial charge in [-0.2, -0.15) is 0 Å². The molecular weight excluding hydrogens is 313 g/mol. The molecule has 3 N–H and O–H groups in total. The van der Waals surface area contributed by atoms with E-state index in [9.17, 15) is 4.39 Å². The molecule has 4 heteroatoms. The van der Waals surface area contributed by atoms with E-state index in [-0.39, 0.29) is 11.9 Å². The molecule has 1 atom stereocenters. The molecule has 0 aliphatic carbocycles. The van der Waals surface area contributed by atoms with Crippen molar-refractivity contribution in [3.05, 3.63) is 59.9 Å². The summed E-state index contributed by atoms with van der Waals surface area (Å²) in [6.07, 6.45) is 2.07. The lowest BCUT2D eigenvalue weighted by Gasteiger charge is -2.36. The highest BCUT2D eigenvalue weighted by Crippen LogP contribution is 2.48. The fourth-order valence-corrected chi connectivity index (χ4v) is 3.91. The van der Waals surface area contributed by atoms with Gasteiger partial charge in [0.15, 0.2) is 0 Å². The number of aromatic amines is 1. The van der Waals surface area contributed by atoms with E-state index in [1.54, 1.807) is 6.07 Å². The second-order valence-corrected chi connectivity index (χ2v) is 6.80. The van der Waals surface area contributed by atoms with Crippen molar-refractivity contribution in [2.75, 3.05) is 10.6 Å². The van der Waals surface area contributed by atoms with Gasteiger partial charge in [0.05, 0.1) is 5.69 Å². The summed E-state index contributed by atoms with van der Waals surface area (Å²) in [6, 6.07) is 11.1. The molecule has 1 aliphatic heterocycles. The number of hydrogen-bond donors (Lipinski definition) is 2. The summed E-state index contributed by atoms with van der Waals surface area (Å²) >= 11 is 0. The van der Waals surface area contributed by atoms with Crippen molar-refractivity contribution < 1.29 is 4.39 Å². The third-order valence-electron chi connectivity index (χ3n) is 5.04. The molecule has 1 unspecified atom stereocenters. The van der Waals surface area contributed by atoms with Crippen LogP contribution in [0.3, 0.4) is 0 Å². The molecule has 0 amide bonds. The van der Waals surface area contributed by atoms with Gasteiger partial charge in [-0.05, 0) is 49.2 Å². The average molecular weight is 335 g/mol. The molecule has 4 rings (SSSR count). The van der Waals surface area contributed by atoms with Crippen molar-refractivity contribution in [1.82, 2.24) is 4.98 Å². The van der Waals surface area contributed by atoms with Crippen molar-refractivity contribution in [2.24, 2.45) is 0 Å². The molecule has 0 radical (unpaired) electrons. The van der Waals surface area contributed by atoms with Gasteiger partial charge in [0.2, 0.25) is 0 Å². The number of H-pyrrole nitrogens is 1. The van der Waals surface area contributed by atoms with Gasteiger partial charge in [-0.3, -0.25) is 0 Å². The van der Waals surface area contributed by atoms with Crippen LogP contribution in [0.15, 0.2) is 43.0 Å². The van der Waals surface area contributed by atoms with Gasteiger partial charge >= 0.3 is 0 Å². The van der Waals surface area contributed by atoms with E-state index >= 15 is 0 Å². The molecule has 0 saturated heterocycles. The van der Waals surface area contributed by atoms with E-state index in [4.69, 9.17) is 5.73 Å². The lowest BCUT2D eigenvalue weighted by molar-refractivity contribution is 0.614. The van der Waals surface area contributed by atoms with E-state index in [1.165, 1.54) is 6.07 Å². The van der Waals surface area contributed by atoms with Gasteiger partial charge in [0.25, 0.3) is 0 Å². The minimum Gasteiger partial charge on any atom is -0.399 e. The second-order valence-electron chi connectivity index (χ2n) is 6.80. The van der Waals surface area contributed by atoms with Gasteiger partial charge in [0.1, 0.15) is 11.6 Å². The van der Waals surface area contributed by atoms with Crippen LogP contribution in [0.25, 0.3) is 16.5 Å². The number of halogens is 1. The number of hydrogen-bond acceptors (Lipinski definition) is 2. The lowest BCUT2D eigenvalue weighted by atomic mass is 9.91. The Labute approximate surface area is 147 Å². The van der Waals surface area contributed by atoms with Crippen LogP contribution in [0.2, 0.25) is 0 Å². The molecule has 0 bridgehead atoms. The highest BCUT2D eigenvalue weighted by molar-refractivity contribution is 6.08. The number of benzene rings is 2. The molecule has 1 aromatic heterocycles. The van der Waals surface area contributed by atoms with Crippen LogP contribution in [-0.2, 0) is 0 Å². The molecule has 0 spiro atoms. The van der Waals surface area contributed by atoms with Gasteiger partial charge in [-0.25, -0.2) is 4.39 Å². The molecular formula is C21H22FN3. The predicted molar refractivity (Wildman–Crippen MR) is 104 cm³/mol. The molecule has 3 aromatic rings. The third-order valence-corrected chi connectivity index (χ3v) is 5.04. The summed E-state index contributed by atoms with van der Waals surface area (Å²) in [5, 5.41) is 1.10. The van der Waals surface area contributed by atoms with E-state index in [1.807, 2.05) is 24.3 Å². The summed E-state index contributed by atoms with van der Waals surface area (Å²) in [5.41, 5.74) is 11.5. The van der Waals surface area contributed by atoms with Crippen molar-refractivity contribution in [3.8, 4) is 0 Å². The normalized spacial score (nSPS) is 14.5. The second kappa shape index (κ2) is 5.66. The first-order valence-electron chi connectivity index (χ1n) is 8.71. The Hall–Kier alpha value is -2.75. The Morgan fingerprint density at radius 1 is 1.24 bits per heavy atom. The van der Waals surface area contributed by atoms with Crippen molar-refractivity contribution in [3.63, 3.8) is 0 Å². The van der Waals surface area contributed by atoms with Crippen LogP contribution < -0.4 is 10.6 Å². The van der Waals surface area contributed by atoms with Crippen molar-refractivity contribution in [2.45, 2.75) is 32.7 Å². The fraction of sp³-hybridized carbons (Fsp3) is 0.238. The minimum absolute atomic E-state index is 0.232. The highest BCUT2D eigenvalue weighted by atomic mass is 19.1. The zero-order chi connectivity index (χ0) is 17.7. The van der Waals surface area contributed by atoms with Gasteiger partial charge in [0, 0.05) is 33.8 Å². The third kappa shape index (κ3) is 2.32. The summed E-state index contributed by atoms with van der Waals surface area (Å²) in [6.45, 7) is 8.65. The fourth-order valence-electron chi connectivity index (χ4n) is 3.91. The topological polar surface area (TPSA) is 45.0 Å². The first-order chi connectivity index (χ1) is 12.0. The van der Waals surface area contributed by atoms with Crippen LogP contribution in [0, 0.1) is 5.82 Å². The standard InChI is InChI=1S/C21H22FN3/c1-4-5-12(2)25-19-10-14(22)6-8-16(19)13(3)20-17-9-7-15(23)11-18(17)24-21(20)25/h6-12,24H,3-5,23H2,1-2H3. The van der Waals surface area contributed by atoms with Crippen LogP contribution in [-0.4, -0.2) is 11.0 Å². The Morgan fingerprint density at radius 3 is 2.80 bits per heavy atom. The summed E-state index contributed by atoms with van der Waals surface area (Å²) in [4.78, 5) is 5.71. The summed E-state index contributed by atoms with van der Waals surface area (Å²) in [7, 11) is 0. The van der Waals surface area contributed by atoms with Crippen molar-refractivity contribution >= 4 is 33.7 Å². The number of rotatable bonds is 3. The Balaban J connectivity index is 2.02. The van der Waals surface area contributed by atoms with E-state index in [2.05, 4.69) is 30.3 Å². The van der Waals surface area contributed by atoms with E-state index < -0.39 is 0 Å². The average Bonchev–Trinajstić information content (AvgIpc) is 2.93. The number of aromatic nitrogens is 1. The van der Waals surface area contributed by atoms with E-state index in [0.717, 1.165) is 51.9 Å². The predicted octanol–water partition coefficient (Wildman–Crippen LogP) is 5.59. The number of nitrogens with one attached hydrogen (secondary N) is 1. The quantitative estimate of drug-likeness (QED) is 0.613. The van der Waals surface area contributed by atoms with Gasteiger partial charge in [-0.1, -0.05) is 26.0 Å². The maximum Gasteiger partial charge on any atom is 0.125 e. The van der Waals surface area contributed by atoms with Crippen molar-refractivity contribution in [1.29, 1.82) is 0 Å². The maximum absolute atomic E-state index is 14.0.